The zero-order valence-corrected chi connectivity index (χ0v) is 28.3. The molecular formula is C35H51FN4O5. The van der Waals surface area contributed by atoms with Crippen LogP contribution in [0.1, 0.15) is 66.0 Å². The van der Waals surface area contributed by atoms with E-state index in [0.29, 0.717) is 25.3 Å². The summed E-state index contributed by atoms with van der Waals surface area (Å²) in [5.41, 5.74) is 1.10. The van der Waals surface area contributed by atoms with E-state index in [1.165, 1.54) is 35.2 Å². The number of ether oxygens (including phenoxy) is 2. The van der Waals surface area contributed by atoms with Crippen LogP contribution in [-0.2, 0) is 20.7 Å². The molecule has 4 unspecified atom stereocenters. The molecule has 1 saturated heterocycles. The van der Waals surface area contributed by atoms with Crippen LogP contribution in [-0.4, -0.2) is 84.2 Å². The van der Waals surface area contributed by atoms with E-state index in [0.717, 1.165) is 13.0 Å². The van der Waals surface area contributed by atoms with Gasteiger partial charge in [0.25, 0.3) is 0 Å². The third kappa shape index (κ3) is 10.7. The number of halogens is 1. The number of hydrogen-bond donors (Lipinski definition) is 2. The molecule has 0 saturated carbocycles. The predicted octanol–water partition coefficient (Wildman–Crippen LogP) is 5.10. The summed E-state index contributed by atoms with van der Waals surface area (Å²) >= 11 is 0. The summed E-state index contributed by atoms with van der Waals surface area (Å²) in [5.74, 6) is -0.501. The number of likely N-dealkylation sites (N-methyl/N-ethyl adjacent to an activating group) is 1. The largest absolute Gasteiger partial charge is 0.489 e. The number of carbonyl (C=O) groups excluding carboxylic acids is 3. The summed E-state index contributed by atoms with van der Waals surface area (Å²) in [6.45, 7) is 16.2. The number of likely N-dealkylation sites (tertiary alicyclic amines) is 1. The minimum absolute atomic E-state index is 0.190. The Morgan fingerprint density at radius 2 is 1.64 bits per heavy atom. The van der Waals surface area contributed by atoms with Gasteiger partial charge < -0.3 is 25.0 Å². The summed E-state index contributed by atoms with van der Waals surface area (Å²) < 4.78 is 25.1. The molecule has 0 bridgehead atoms. The maximum absolute atomic E-state index is 14.3. The van der Waals surface area contributed by atoms with Gasteiger partial charge in [0.1, 0.15) is 35.4 Å². The van der Waals surface area contributed by atoms with Crippen molar-refractivity contribution in [2.75, 3.05) is 26.7 Å². The maximum atomic E-state index is 14.3. The van der Waals surface area contributed by atoms with Crippen molar-refractivity contribution in [3.05, 3.63) is 65.5 Å². The Balaban J connectivity index is 1.74. The van der Waals surface area contributed by atoms with Gasteiger partial charge in [-0.3, -0.25) is 14.5 Å². The average Bonchev–Trinajstić information content (AvgIpc) is 3.35. The number of rotatable bonds is 11. The molecule has 1 fully saturated rings. The van der Waals surface area contributed by atoms with Gasteiger partial charge in [-0.15, -0.1) is 0 Å². The normalized spacial score (nSPS) is 18.2. The van der Waals surface area contributed by atoms with Gasteiger partial charge >= 0.3 is 6.09 Å². The minimum atomic E-state index is -0.870. The number of benzene rings is 2. The molecule has 1 heterocycles. The van der Waals surface area contributed by atoms with Gasteiger partial charge in [-0.05, 0) is 82.8 Å². The highest BCUT2D eigenvalue weighted by molar-refractivity contribution is 5.91. The first-order valence-corrected chi connectivity index (χ1v) is 15.7. The van der Waals surface area contributed by atoms with E-state index in [2.05, 4.69) is 41.8 Å². The molecule has 3 rings (SSSR count). The third-order valence-electron chi connectivity index (χ3n) is 7.91. The zero-order chi connectivity index (χ0) is 33.5. The van der Waals surface area contributed by atoms with Crippen LogP contribution in [0.2, 0.25) is 0 Å². The molecule has 0 aliphatic carbocycles. The van der Waals surface area contributed by atoms with Gasteiger partial charge in [0.2, 0.25) is 11.8 Å². The summed E-state index contributed by atoms with van der Waals surface area (Å²) in [6.07, 6.45) is 0.487. The highest BCUT2D eigenvalue weighted by Crippen LogP contribution is 2.28. The van der Waals surface area contributed by atoms with E-state index < -0.39 is 35.1 Å². The molecule has 10 heteroatoms. The van der Waals surface area contributed by atoms with Crippen LogP contribution in [0.3, 0.4) is 0 Å². The van der Waals surface area contributed by atoms with Crippen LogP contribution < -0.4 is 15.4 Å². The first-order valence-electron chi connectivity index (χ1n) is 15.7. The molecule has 1 aliphatic rings. The standard InChI is InChI=1S/C35H51FN4O5/c1-23-10-12-25(13-11-23)18-19-37-21-27-20-29(44-28-16-14-26(36)15-17-28)22-40(27)32(42)30(34(3,4)5)38-31(41)24(2)39(9)33(43)45-35(6,7)8/h10-17,24,27,29-30,37H,18-22H2,1-9H3,(H,38,41). The number of aryl methyl sites for hydroxylation is 1. The lowest BCUT2D eigenvalue weighted by Gasteiger charge is -2.37. The Morgan fingerprint density at radius 3 is 2.22 bits per heavy atom. The first kappa shape index (κ1) is 35.8. The second-order valence-corrected chi connectivity index (χ2v) is 14.1. The zero-order valence-electron chi connectivity index (χ0n) is 28.3. The maximum Gasteiger partial charge on any atom is 0.410 e. The van der Waals surface area contributed by atoms with Crippen molar-refractivity contribution in [2.24, 2.45) is 5.41 Å². The Kier molecular flexibility index (Phi) is 12.0. The van der Waals surface area contributed by atoms with E-state index in [1.54, 1.807) is 44.7 Å². The van der Waals surface area contributed by atoms with E-state index in [1.807, 2.05) is 20.8 Å². The number of nitrogens with zero attached hydrogens (tertiary/aromatic N) is 2. The molecule has 2 aromatic carbocycles. The summed E-state index contributed by atoms with van der Waals surface area (Å²) in [7, 11) is 1.50. The Hall–Kier alpha value is -3.66. The minimum Gasteiger partial charge on any atom is -0.489 e. The molecule has 3 amide bonds. The van der Waals surface area contributed by atoms with Crippen molar-refractivity contribution in [3.63, 3.8) is 0 Å². The van der Waals surface area contributed by atoms with E-state index in [9.17, 15) is 18.8 Å². The number of carbonyl (C=O) groups is 3. The van der Waals surface area contributed by atoms with Crippen molar-refractivity contribution < 1.29 is 28.2 Å². The van der Waals surface area contributed by atoms with E-state index >= 15 is 0 Å². The molecule has 9 nitrogen and oxygen atoms in total. The van der Waals surface area contributed by atoms with Gasteiger partial charge in [0.05, 0.1) is 6.54 Å². The summed E-state index contributed by atoms with van der Waals surface area (Å²) in [6, 6.07) is 12.3. The van der Waals surface area contributed by atoms with Crippen molar-refractivity contribution in [1.82, 2.24) is 20.4 Å². The highest BCUT2D eigenvalue weighted by Gasteiger charge is 2.43. The fourth-order valence-electron chi connectivity index (χ4n) is 5.13. The van der Waals surface area contributed by atoms with Gasteiger partial charge in [0.15, 0.2) is 0 Å². The molecule has 1 aliphatic heterocycles. The summed E-state index contributed by atoms with van der Waals surface area (Å²) in [5, 5.41) is 6.44. The molecule has 0 spiro atoms. The van der Waals surface area contributed by atoms with Crippen LogP contribution in [0.5, 0.6) is 5.75 Å². The lowest BCUT2D eigenvalue weighted by atomic mass is 9.85. The number of nitrogens with one attached hydrogen (secondary N) is 2. The van der Waals surface area contributed by atoms with Crippen LogP contribution in [0, 0.1) is 18.2 Å². The van der Waals surface area contributed by atoms with Crippen LogP contribution in [0.25, 0.3) is 0 Å². The predicted molar refractivity (Wildman–Crippen MR) is 174 cm³/mol. The summed E-state index contributed by atoms with van der Waals surface area (Å²) in [4.78, 5) is 43.3. The topological polar surface area (TPSA) is 100 Å². The first-order chi connectivity index (χ1) is 20.9. The second-order valence-electron chi connectivity index (χ2n) is 14.1. The van der Waals surface area contributed by atoms with Gasteiger partial charge in [-0.2, -0.15) is 0 Å². The average molecular weight is 627 g/mol. The molecular weight excluding hydrogens is 575 g/mol. The molecule has 4 atom stereocenters. The smallest absolute Gasteiger partial charge is 0.410 e. The van der Waals surface area contributed by atoms with Crippen molar-refractivity contribution in [3.8, 4) is 5.75 Å². The van der Waals surface area contributed by atoms with Gasteiger partial charge in [-0.25, -0.2) is 9.18 Å². The number of hydrogen-bond acceptors (Lipinski definition) is 6. The van der Waals surface area contributed by atoms with Crippen LogP contribution in [0.15, 0.2) is 48.5 Å². The Labute approximate surface area is 267 Å². The van der Waals surface area contributed by atoms with Gasteiger partial charge in [-0.1, -0.05) is 50.6 Å². The SMILES string of the molecule is Cc1ccc(CCNCC2CC(Oc3ccc(F)cc3)CN2C(=O)C(NC(=O)C(C)N(C)C(=O)OC(C)(C)C)C(C)(C)C)cc1. The molecule has 45 heavy (non-hydrogen) atoms. The fraction of sp³-hybridized carbons (Fsp3) is 0.571. The highest BCUT2D eigenvalue weighted by atomic mass is 19.1. The monoisotopic (exact) mass is 626 g/mol. The molecule has 2 aromatic rings. The lowest BCUT2D eigenvalue weighted by molar-refractivity contribution is -0.141. The molecule has 2 N–H and O–H groups in total. The second kappa shape index (κ2) is 15.1. The third-order valence-corrected chi connectivity index (χ3v) is 7.91. The molecule has 0 aromatic heterocycles. The van der Waals surface area contributed by atoms with Crippen LogP contribution in [0.4, 0.5) is 9.18 Å². The van der Waals surface area contributed by atoms with Crippen molar-refractivity contribution >= 4 is 17.9 Å². The van der Waals surface area contributed by atoms with E-state index in [-0.39, 0.29) is 23.9 Å². The molecule has 0 radical (unpaired) electrons. The van der Waals surface area contributed by atoms with Crippen molar-refractivity contribution in [2.45, 2.75) is 98.1 Å². The Bertz CT molecular complexity index is 1290. The van der Waals surface area contributed by atoms with Crippen LogP contribution >= 0.6 is 0 Å². The van der Waals surface area contributed by atoms with E-state index in [4.69, 9.17) is 9.47 Å². The quantitative estimate of drug-likeness (QED) is 0.337. The number of amides is 3. The lowest BCUT2D eigenvalue weighted by Crippen LogP contribution is -2.59. The van der Waals surface area contributed by atoms with Crippen molar-refractivity contribution in [1.29, 1.82) is 0 Å². The molecule has 248 valence electrons. The van der Waals surface area contributed by atoms with Gasteiger partial charge in [0, 0.05) is 26.1 Å². The Morgan fingerprint density at radius 1 is 1.02 bits per heavy atom. The fourth-order valence-corrected chi connectivity index (χ4v) is 5.13.